The average molecular weight is 239 g/mol. The molecule has 0 bridgehead atoms. The first-order valence-electron chi connectivity index (χ1n) is 5.41. The third-order valence-electron chi connectivity index (χ3n) is 2.93. The number of rotatable bonds is 3. The number of aryl methyl sites for hydroxylation is 1. The second kappa shape index (κ2) is 4.52. The molecule has 1 aliphatic rings. The highest BCUT2D eigenvalue weighted by molar-refractivity contribution is 5.93. The van der Waals surface area contributed by atoms with Gasteiger partial charge in [-0.15, -0.1) is 5.10 Å². The minimum absolute atomic E-state index is 0.0172. The third kappa shape index (κ3) is 2.43. The molecule has 1 aliphatic carbocycles. The molecular weight excluding hydrogens is 226 g/mol. The van der Waals surface area contributed by atoms with Crippen molar-refractivity contribution in [2.75, 3.05) is 5.32 Å². The topological polar surface area (TPSA) is 105 Å². The van der Waals surface area contributed by atoms with Crippen molar-refractivity contribution in [1.82, 2.24) is 10.2 Å². The molecule has 2 unspecified atom stereocenters. The number of carboxylic acids is 1. The summed E-state index contributed by atoms with van der Waals surface area (Å²) in [5.41, 5.74) is 0. The molecule has 1 aromatic rings. The number of carbonyl (C=O) groups excluding carboxylic acids is 1. The number of hydrogen-bond donors (Lipinski definition) is 2. The normalized spacial score (nSPS) is 23.6. The van der Waals surface area contributed by atoms with Crippen LogP contribution in [0.25, 0.3) is 0 Å². The van der Waals surface area contributed by atoms with Gasteiger partial charge < -0.3 is 9.52 Å². The van der Waals surface area contributed by atoms with Crippen LogP contribution in [0.3, 0.4) is 0 Å². The number of nitrogens with zero attached hydrogens (tertiary/aromatic N) is 2. The van der Waals surface area contributed by atoms with Crippen molar-refractivity contribution in [2.24, 2.45) is 11.8 Å². The molecule has 0 aromatic carbocycles. The number of aromatic nitrogens is 2. The molecule has 1 amide bonds. The number of amides is 1. The smallest absolute Gasteiger partial charge is 0.322 e. The molecule has 7 nitrogen and oxygen atoms in total. The Balaban J connectivity index is 2.02. The first-order chi connectivity index (χ1) is 8.08. The van der Waals surface area contributed by atoms with Gasteiger partial charge in [0.05, 0.1) is 11.8 Å². The number of carboxylic acid groups (broad SMARTS) is 1. The number of nitrogens with one attached hydrogen (secondary N) is 1. The zero-order valence-electron chi connectivity index (χ0n) is 9.34. The minimum atomic E-state index is -0.927. The van der Waals surface area contributed by atoms with E-state index in [-0.39, 0.29) is 11.9 Å². The number of anilines is 1. The molecule has 7 heteroatoms. The van der Waals surface area contributed by atoms with Crippen LogP contribution >= 0.6 is 0 Å². The van der Waals surface area contributed by atoms with Crippen LogP contribution in [0.2, 0.25) is 0 Å². The lowest BCUT2D eigenvalue weighted by molar-refractivity contribution is -0.145. The predicted molar refractivity (Wildman–Crippen MR) is 56.1 cm³/mol. The summed E-state index contributed by atoms with van der Waals surface area (Å²) in [6, 6.07) is 0.0172. The molecule has 2 rings (SSSR count). The molecule has 2 atom stereocenters. The molecule has 17 heavy (non-hydrogen) atoms. The molecule has 1 fully saturated rings. The molecule has 0 spiro atoms. The van der Waals surface area contributed by atoms with E-state index in [4.69, 9.17) is 9.52 Å². The summed E-state index contributed by atoms with van der Waals surface area (Å²) in [5, 5.41) is 18.6. The predicted octanol–water partition coefficient (Wildman–Crippen LogP) is 0.817. The van der Waals surface area contributed by atoms with Gasteiger partial charge in [-0.3, -0.25) is 14.9 Å². The fraction of sp³-hybridized carbons (Fsp3) is 0.600. The van der Waals surface area contributed by atoms with Gasteiger partial charge in [0.15, 0.2) is 0 Å². The summed E-state index contributed by atoms with van der Waals surface area (Å²) in [7, 11) is 0. The van der Waals surface area contributed by atoms with E-state index in [1.165, 1.54) is 0 Å². The van der Waals surface area contributed by atoms with E-state index >= 15 is 0 Å². The maximum absolute atomic E-state index is 11.8. The lowest BCUT2D eigenvalue weighted by Crippen LogP contribution is -2.30. The first-order valence-corrected chi connectivity index (χ1v) is 5.41. The summed E-state index contributed by atoms with van der Waals surface area (Å²) in [6.45, 7) is 1.61. The van der Waals surface area contributed by atoms with Crippen LogP contribution in [-0.4, -0.2) is 27.2 Å². The Morgan fingerprint density at radius 1 is 1.35 bits per heavy atom. The van der Waals surface area contributed by atoms with E-state index in [9.17, 15) is 9.59 Å². The summed E-state index contributed by atoms with van der Waals surface area (Å²) in [4.78, 5) is 22.8. The van der Waals surface area contributed by atoms with Crippen LogP contribution in [-0.2, 0) is 9.59 Å². The Kier molecular flexibility index (Phi) is 3.08. The van der Waals surface area contributed by atoms with Gasteiger partial charge in [0, 0.05) is 6.92 Å². The van der Waals surface area contributed by atoms with E-state index in [0.29, 0.717) is 18.7 Å². The lowest BCUT2D eigenvalue weighted by atomic mass is 9.95. The van der Waals surface area contributed by atoms with Crippen LogP contribution in [0, 0.1) is 18.8 Å². The molecule has 0 radical (unpaired) electrons. The summed E-state index contributed by atoms with van der Waals surface area (Å²) >= 11 is 0. The maximum Gasteiger partial charge on any atom is 0.322 e. The van der Waals surface area contributed by atoms with Crippen molar-refractivity contribution in [2.45, 2.75) is 26.2 Å². The van der Waals surface area contributed by atoms with Crippen LogP contribution in [0.15, 0.2) is 4.42 Å². The van der Waals surface area contributed by atoms with Crippen molar-refractivity contribution in [3.63, 3.8) is 0 Å². The Labute approximate surface area is 97.2 Å². The molecule has 92 valence electrons. The van der Waals surface area contributed by atoms with Gasteiger partial charge in [-0.2, -0.15) is 0 Å². The number of carbonyl (C=O) groups is 2. The molecule has 1 heterocycles. The Bertz CT molecular complexity index is 443. The van der Waals surface area contributed by atoms with Gasteiger partial charge in [-0.25, -0.2) is 0 Å². The summed E-state index contributed by atoms with van der Waals surface area (Å²) in [5.74, 6) is -2.07. The second-order valence-corrected chi connectivity index (χ2v) is 4.10. The minimum Gasteiger partial charge on any atom is -0.481 e. The lowest BCUT2D eigenvalue weighted by Gasteiger charge is -2.13. The van der Waals surface area contributed by atoms with E-state index < -0.39 is 17.8 Å². The van der Waals surface area contributed by atoms with Crippen molar-refractivity contribution in [3.8, 4) is 0 Å². The molecule has 1 saturated carbocycles. The van der Waals surface area contributed by atoms with Crippen LogP contribution < -0.4 is 5.32 Å². The SMILES string of the molecule is Cc1nnc(NC(=O)C2CCCC2C(=O)O)o1. The Morgan fingerprint density at radius 3 is 2.65 bits per heavy atom. The van der Waals surface area contributed by atoms with E-state index in [1.54, 1.807) is 6.92 Å². The molecule has 1 aromatic heterocycles. The molecule has 0 aliphatic heterocycles. The third-order valence-corrected chi connectivity index (χ3v) is 2.93. The highest BCUT2D eigenvalue weighted by Gasteiger charge is 2.38. The van der Waals surface area contributed by atoms with Gasteiger partial charge in [0.1, 0.15) is 0 Å². The molecule has 2 N–H and O–H groups in total. The highest BCUT2D eigenvalue weighted by Crippen LogP contribution is 2.32. The average Bonchev–Trinajstić information content (AvgIpc) is 2.86. The van der Waals surface area contributed by atoms with E-state index in [1.807, 2.05) is 0 Å². The fourth-order valence-electron chi connectivity index (χ4n) is 2.11. The second-order valence-electron chi connectivity index (χ2n) is 4.10. The maximum atomic E-state index is 11.8. The van der Waals surface area contributed by atoms with Crippen molar-refractivity contribution in [1.29, 1.82) is 0 Å². The van der Waals surface area contributed by atoms with E-state index in [0.717, 1.165) is 6.42 Å². The number of aliphatic carboxylic acids is 1. The first kappa shape index (κ1) is 11.6. The molecule has 0 saturated heterocycles. The van der Waals surface area contributed by atoms with Gasteiger partial charge in [0.25, 0.3) is 0 Å². The van der Waals surface area contributed by atoms with Gasteiger partial charge in [-0.05, 0) is 12.8 Å². The highest BCUT2D eigenvalue weighted by atomic mass is 16.4. The van der Waals surface area contributed by atoms with Crippen LogP contribution in [0.5, 0.6) is 0 Å². The van der Waals surface area contributed by atoms with Crippen LogP contribution in [0.1, 0.15) is 25.2 Å². The monoisotopic (exact) mass is 239 g/mol. The van der Waals surface area contributed by atoms with Crippen molar-refractivity contribution >= 4 is 17.9 Å². The van der Waals surface area contributed by atoms with Gasteiger partial charge >= 0.3 is 12.0 Å². The van der Waals surface area contributed by atoms with Gasteiger partial charge in [0.2, 0.25) is 11.8 Å². The van der Waals surface area contributed by atoms with Crippen molar-refractivity contribution < 1.29 is 19.1 Å². The largest absolute Gasteiger partial charge is 0.481 e. The standard InChI is InChI=1S/C10H13N3O4/c1-5-12-13-10(17-5)11-8(14)6-3-2-4-7(6)9(15)16/h6-7H,2-4H2,1H3,(H,15,16)(H,11,13,14). The zero-order chi connectivity index (χ0) is 12.4. The summed E-state index contributed by atoms with van der Waals surface area (Å²) in [6.07, 6.45) is 1.87. The van der Waals surface area contributed by atoms with Gasteiger partial charge in [-0.1, -0.05) is 11.5 Å². The Hall–Kier alpha value is -1.92. The summed E-state index contributed by atoms with van der Waals surface area (Å²) < 4.78 is 5.01. The fourth-order valence-corrected chi connectivity index (χ4v) is 2.11. The quantitative estimate of drug-likeness (QED) is 0.808. The van der Waals surface area contributed by atoms with Crippen LogP contribution in [0.4, 0.5) is 6.01 Å². The van der Waals surface area contributed by atoms with Crippen molar-refractivity contribution in [3.05, 3.63) is 5.89 Å². The Morgan fingerprint density at radius 2 is 2.06 bits per heavy atom. The molecular formula is C10H13N3O4. The van der Waals surface area contributed by atoms with E-state index in [2.05, 4.69) is 15.5 Å². The zero-order valence-corrected chi connectivity index (χ0v) is 9.34. The number of hydrogen-bond acceptors (Lipinski definition) is 5.